The standard InChI is InChI=1S/C13H9ClINO4S/c14-12-7-9(3-6-11(12)13(17)18)16-21(19,20)10-4-1-8(15)2-5-10/h1-7,16H,(H,17,18). The minimum absolute atomic E-state index is 0.0367. The highest BCUT2D eigenvalue weighted by Crippen LogP contribution is 2.23. The van der Waals surface area contributed by atoms with Gasteiger partial charge >= 0.3 is 5.97 Å². The molecule has 8 heteroatoms. The molecule has 0 aliphatic heterocycles. The lowest BCUT2D eigenvalue weighted by Crippen LogP contribution is -2.13. The van der Waals surface area contributed by atoms with E-state index in [1.807, 2.05) is 0 Å². The Kier molecular flexibility index (Phi) is 4.74. The van der Waals surface area contributed by atoms with Crippen molar-refractivity contribution in [3.8, 4) is 0 Å². The van der Waals surface area contributed by atoms with Crippen LogP contribution in [0.3, 0.4) is 0 Å². The minimum atomic E-state index is -3.74. The quantitative estimate of drug-likeness (QED) is 0.718. The second-order valence-electron chi connectivity index (χ2n) is 4.06. The largest absolute Gasteiger partial charge is 0.478 e. The predicted octanol–water partition coefficient (Wildman–Crippen LogP) is 3.44. The molecule has 0 heterocycles. The third-order valence-electron chi connectivity index (χ3n) is 2.58. The molecule has 110 valence electrons. The molecule has 0 aliphatic rings. The average Bonchev–Trinajstić information content (AvgIpc) is 2.38. The molecule has 0 aliphatic carbocycles. The molecule has 0 saturated heterocycles. The van der Waals surface area contributed by atoms with Crippen molar-refractivity contribution in [2.75, 3.05) is 4.72 Å². The summed E-state index contributed by atoms with van der Waals surface area (Å²) in [5.74, 6) is -1.17. The molecule has 0 unspecified atom stereocenters. The second-order valence-corrected chi connectivity index (χ2v) is 7.39. The first kappa shape index (κ1) is 16.1. The molecule has 2 aromatic carbocycles. The number of rotatable bonds is 4. The van der Waals surface area contributed by atoms with Crippen molar-refractivity contribution in [1.82, 2.24) is 0 Å². The van der Waals surface area contributed by atoms with Crippen LogP contribution in [-0.4, -0.2) is 19.5 Å². The van der Waals surface area contributed by atoms with E-state index in [1.54, 1.807) is 12.1 Å². The normalized spacial score (nSPS) is 11.1. The topological polar surface area (TPSA) is 83.5 Å². The van der Waals surface area contributed by atoms with Gasteiger partial charge in [0.25, 0.3) is 10.0 Å². The maximum atomic E-state index is 12.2. The molecule has 0 fully saturated rings. The van der Waals surface area contributed by atoms with Gasteiger partial charge in [-0.15, -0.1) is 0 Å². The van der Waals surface area contributed by atoms with Crippen LogP contribution in [-0.2, 0) is 10.0 Å². The Morgan fingerprint density at radius 1 is 1.14 bits per heavy atom. The highest BCUT2D eigenvalue weighted by Gasteiger charge is 2.15. The number of nitrogens with one attached hydrogen (secondary N) is 1. The molecule has 0 saturated carbocycles. The van der Waals surface area contributed by atoms with Gasteiger partial charge in [0, 0.05) is 3.57 Å². The Morgan fingerprint density at radius 2 is 1.76 bits per heavy atom. The minimum Gasteiger partial charge on any atom is -0.478 e. The molecule has 2 aromatic rings. The van der Waals surface area contributed by atoms with Crippen LogP contribution < -0.4 is 4.72 Å². The third kappa shape index (κ3) is 3.86. The van der Waals surface area contributed by atoms with Crippen LogP contribution in [0.15, 0.2) is 47.4 Å². The lowest BCUT2D eigenvalue weighted by molar-refractivity contribution is 0.0697. The summed E-state index contributed by atoms with van der Waals surface area (Å²) in [5.41, 5.74) is 0.109. The third-order valence-corrected chi connectivity index (χ3v) is 5.00. The van der Waals surface area contributed by atoms with Crippen molar-refractivity contribution < 1.29 is 18.3 Å². The number of carbonyl (C=O) groups is 1. The average molecular weight is 438 g/mol. The Bertz CT molecular complexity index is 790. The van der Waals surface area contributed by atoms with Crippen molar-refractivity contribution in [2.45, 2.75) is 4.90 Å². The molecule has 2 N–H and O–H groups in total. The van der Waals surface area contributed by atoms with Gasteiger partial charge < -0.3 is 5.11 Å². The monoisotopic (exact) mass is 437 g/mol. The predicted molar refractivity (Wildman–Crippen MR) is 88.4 cm³/mol. The van der Waals surface area contributed by atoms with E-state index in [1.165, 1.54) is 30.3 Å². The lowest BCUT2D eigenvalue weighted by Gasteiger charge is -2.09. The van der Waals surface area contributed by atoms with Crippen molar-refractivity contribution >= 4 is 55.9 Å². The summed E-state index contributed by atoms with van der Waals surface area (Å²) in [7, 11) is -3.74. The molecule has 21 heavy (non-hydrogen) atoms. The maximum absolute atomic E-state index is 12.2. The Morgan fingerprint density at radius 3 is 2.29 bits per heavy atom. The van der Waals surface area contributed by atoms with Crippen LogP contribution >= 0.6 is 34.2 Å². The SMILES string of the molecule is O=C(O)c1ccc(NS(=O)(=O)c2ccc(I)cc2)cc1Cl. The number of halogens is 2. The smallest absolute Gasteiger partial charge is 0.337 e. The molecular weight excluding hydrogens is 429 g/mol. The van der Waals surface area contributed by atoms with E-state index in [4.69, 9.17) is 16.7 Å². The maximum Gasteiger partial charge on any atom is 0.337 e. The fourth-order valence-electron chi connectivity index (χ4n) is 1.58. The van der Waals surface area contributed by atoms with Crippen molar-refractivity contribution in [1.29, 1.82) is 0 Å². The number of hydrogen-bond acceptors (Lipinski definition) is 3. The number of hydrogen-bond donors (Lipinski definition) is 2. The van der Waals surface area contributed by atoms with E-state index in [2.05, 4.69) is 27.3 Å². The second kappa shape index (κ2) is 6.20. The molecule has 0 aromatic heterocycles. The molecular formula is C13H9ClINO4S. The van der Waals surface area contributed by atoms with Gasteiger partial charge in [0.1, 0.15) is 0 Å². The van der Waals surface area contributed by atoms with Gasteiger partial charge in [0.2, 0.25) is 0 Å². The summed E-state index contributed by atoms with van der Waals surface area (Å²) in [4.78, 5) is 11.0. The van der Waals surface area contributed by atoms with Crippen LogP contribution in [0.4, 0.5) is 5.69 Å². The summed E-state index contributed by atoms with van der Waals surface area (Å²) in [6, 6.07) is 10.2. The van der Waals surface area contributed by atoms with Crippen molar-refractivity contribution in [3.05, 3.63) is 56.6 Å². The molecule has 0 bridgehead atoms. The summed E-state index contributed by atoms with van der Waals surface area (Å²) in [6.07, 6.45) is 0. The van der Waals surface area contributed by atoms with E-state index in [0.717, 1.165) is 3.57 Å². The number of sulfonamides is 1. The number of carboxylic acid groups (broad SMARTS) is 1. The van der Waals surface area contributed by atoms with E-state index in [9.17, 15) is 13.2 Å². The molecule has 0 spiro atoms. The van der Waals surface area contributed by atoms with Crippen LogP contribution in [0.5, 0.6) is 0 Å². The number of aromatic carboxylic acids is 1. The fraction of sp³-hybridized carbons (Fsp3) is 0. The summed E-state index contributed by atoms with van der Waals surface area (Å²) < 4.78 is 27.6. The summed E-state index contributed by atoms with van der Waals surface area (Å²) in [5, 5.41) is 8.83. The Labute approximate surface area is 140 Å². The van der Waals surface area contributed by atoms with Crippen molar-refractivity contribution in [2.24, 2.45) is 0 Å². The molecule has 0 radical (unpaired) electrons. The number of anilines is 1. The van der Waals surface area contributed by atoms with E-state index in [0.29, 0.717) is 0 Å². The summed E-state index contributed by atoms with van der Waals surface area (Å²) in [6.45, 7) is 0. The number of carboxylic acids is 1. The first-order valence-electron chi connectivity index (χ1n) is 5.61. The van der Waals surface area contributed by atoms with Gasteiger partial charge in [-0.2, -0.15) is 0 Å². The van der Waals surface area contributed by atoms with Gasteiger partial charge in [-0.1, -0.05) is 11.6 Å². The molecule has 0 amide bonds. The highest BCUT2D eigenvalue weighted by molar-refractivity contribution is 14.1. The van der Waals surface area contributed by atoms with E-state index < -0.39 is 16.0 Å². The van der Waals surface area contributed by atoms with Gasteiger partial charge in [-0.3, -0.25) is 4.72 Å². The zero-order valence-electron chi connectivity index (χ0n) is 10.4. The van der Waals surface area contributed by atoms with Gasteiger partial charge in [0.05, 0.1) is 21.2 Å². The van der Waals surface area contributed by atoms with Gasteiger partial charge in [-0.05, 0) is 65.1 Å². The highest BCUT2D eigenvalue weighted by atomic mass is 127. The van der Waals surface area contributed by atoms with Crippen LogP contribution in [0, 0.1) is 3.57 Å². The first-order chi connectivity index (χ1) is 9.79. The number of benzene rings is 2. The molecule has 2 rings (SSSR count). The van der Waals surface area contributed by atoms with E-state index in [-0.39, 0.29) is 21.2 Å². The van der Waals surface area contributed by atoms with E-state index >= 15 is 0 Å². The molecule has 0 atom stereocenters. The zero-order chi connectivity index (χ0) is 15.6. The Balaban J connectivity index is 2.31. The fourth-order valence-corrected chi connectivity index (χ4v) is 3.25. The Hall–Kier alpha value is -1.32. The van der Waals surface area contributed by atoms with Gasteiger partial charge in [0.15, 0.2) is 0 Å². The van der Waals surface area contributed by atoms with Crippen LogP contribution in [0.2, 0.25) is 5.02 Å². The van der Waals surface area contributed by atoms with Gasteiger partial charge in [-0.25, -0.2) is 13.2 Å². The summed E-state index contributed by atoms with van der Waals surface area (Å²) >= 11 is 7.88. The first-order valence-corrected chi connectivity index (χ1v) is 8.55. The molecule has 5 nitrogen and oxygen atoms in total. The lowest BCUT2D eigenvalue weighted by atomic mass is 10.2. The zero-order valence-corrected chi connectivity index (χ0v) is 14.1. The van der Waals surface area contributed by atoms with Crippen LogP contribution in [0.1, 0.15) is 10.4 Å². The van der Waals surface area contributed by atoms with Crippen LogP contribution in [0.25, 0.3) is 0 Å². The van der Waals surface area contributed by atoms with Crippen molar-refractivity contribution in [3.63, 3.8) is 0 Å².